The van der Waals surface area contributed by atoms with Gasteiger partial charge < -0.3 is 10.2 Å². The molecule has 22 heavy (non-hydrogen) atoms. The highest BCUT2D eigenvalue weighted by Gasteiger charge is 2.57. The van der Waals surface area contributed by atoms with Gasteiger partial charge in [-0.2, -0.15) is 0 Å². The minimum absolute atomic E-state index is 0.181. The van der Waals surface area contributed by atoms with Crippen molar-refractivity contribution in [3.05, 3.63) is 12.7 Å². The van der Waals surface area contributed by atoms with Gasteiger partial charge in [0.15, 0.2) is 0 Å². The fourth-order valence-electron chi connectivity index (χ4n) is 5.80. The van der Waals surface area contributed by atoms with Crippen LogP contribution in [0, 0.1) is 22.7 Å². The van der Waals surface area contributed by atoms with E-state index in [1.807, 2.05) is 13.8 Å². The van der Waals surface area contributed by atoms with Gasteiger partial charge >= 0.3 is 0 Å². The Balaban J connectivity index is 2.28. The van der Waals surface area contributed by atoms with Crippen LogP contribution < -0.4 is 0 Å². The van der Waals surface area contributed by atoms with Gasteiger partial charge in [-0.1, -0.05) is 33.3 Å². The third-order valence-corrected chi connectivity index (χ3v) is 7.14. The largest absolute Gasteiger partial charge is 0.390 e. The minimum atomic E-state index is -0.830. The molecule has 0 bridgehead atoms. The van der Waals surface area contributed by atoms with Crippen molar-refractivity contribution >= 4 is 0 Å². The highest BCUT2D eigenvalue weighted by Crippen LogP contribution is 2.63. The molecule has 0 saturated heterocycles. The first-order valence-electron chi connectivity index (χ1n) is 9.03. The Kier molecular flexibility index (Phi) is 4.61. The lowest BCUT2D eigenvalue weighted by Gasteiger charge is -2.61. The summed E-state index contributed by atoms with van der Waals surface area (Å²) in [6.45, 7) is 14.8. The quantitative estimate of drug-likeness (QED) is 0.739. The molecule has 5 atom stereocenters. The molecule has 0 amide bonds. The molecular weight excluding hydrogens is 272 g/mol. The van der Waals surface area contributed by atoms with Crippen molar-refractivity contribution in [2.24, 2.45) is 22.7 Å². The van der Waals surface area contributed by atoms with Crippen LogP contribution >= 0.6 is 0 Å². The van der Waals surface area contributed by atoms with Crippen LogP contribution in [0.3, 0.4) is 0 Å². The lowest BCUT2D eigenvalue weighted by Crippen LogP contribution is -2.57. The zero-order valence-corrected chi connectivity index (χ0v) is 15.3. The van der Waals surface area contributed by atoms with Crippen molar-refractivity contribution in [1.82, 2.24) is 0 Å². The summed E-state index contributed by atoms with van der Waals surface area (Å²) in [7, 11) is 0. The lowest BCUT2D eigenvalue weighted by atomic mass is 9.45. The van der Waals surface area contributed by atoms with E-state index < -0.39 is 11.2 Å². The zero-order chi connectivity index (χ0) is 16.8. The van der Waals surface area contributed by atoms with Crippen molar-refractivity contribution in [2.75, 3.05) is 0 Å². The smallest absolute Gasteiger partial charge is 0.0797 e. The van der Waals surface area contributed by atoms with Gasteiger partial charge in [0.2, 0.25) is 0 Å². The molecule has 2 aliphatic rings. The van der Waals surface area contributed by atoms with Gasteiger partial charge in [0.1, 0.15) is 0 Å². The molecule has 2 nitrogen and oxygen atoms in total. The van der Waals surface area contributed by atoms with Crippen LogP contribution in [0.2, 0.25) is 0 Å². The van der Waals surface area contributed by atoms with Crippen LogP contribution in [-0.4, -0.2) is 21.4 Å². The fraction of sp³-hybridized carbons (Fsp3) is 0.900. The fourth-order valence-corrected chi connectivity index (χ4v) is 5.80. The Morgan fingerprint density at radius 1 is 1.18 bits per heavy atom. The van der Waals surface area contributed by atoms with Gasteiger partial charge in [0.05, 0.1) is 11.2 Å². The van der Waals surface area contributed by atoms with Crippen molar-refractivity contribution in [3.63, 3.8) is 0 Å². The molecule has 0 heterocycles. The molecule has 0 aliphatic heterocycles. The molecule has 0 aromatic rings. The SMILES string of the molecule is C=CC(C)(O)CC[C@@H]1[C@@]2(C)CCCC(C)(C)C2CC[C@@]1(C)O. The molecule has 2 saturated carbocycles. The summed E-state index contributed by atoms with van der Waals surface area (Å²) < 4.78 is 0. The Bertz CT molecular complexity index is 421. The topological polar surface area (TPSA) is 40.5 Å². The summed E-state index contributed by atoms with van der Waals surface area (Å²) >= 11 is 0. The summed E-state index contributed by atoms with van der Waals surface area (Å²) in [6, 6.07) is 0. The highest BCUT2D eigenvalue weighted by atomic mass is 16.3. The van der Waals surface area contributed by atoms with Crippen LogP contribution in [0.1, 0.15) is 79.6 Å². The molecule has 2 fully saturated rings. The monoisotopic (exact) mass is 308 g/mol. The first-order valence-corrected chi connectivity index (χ1v) is 9.03. The van der Waals surface area contributed by atoms with E-state index in [0.717, 1.165) is 19.3 Å². The third kappa shape index (κ3) is 3.14. The van der Waals surface area contributed by atoms with E-state index in [4.69, 9.17) is 0 Å². The molecular formula is C20H36O2. The average molecular weight is 309 g/mol. The lowest BCUT2D eigenvalue weighted by molar-refractivity contribution is -0.171. The molecule has 0 spiro atoms. The molecule has 0 aromatic carbocycles. The van der Waals surface area contributed by atoms with Crippen molar-refractivity contribution in [2.45, 2.75) is 90.8 Å². The van der Waals surface area contributed by atoms with Gasteiger partial charge in [-0.15, -0.1) is 6.58 Å². The third-order valence-electron chi connectivity index (χ3n) is 7.14. The van der Waals surface area contributed by atoms with Gasteiger partial charge in [0.25, 0.3) is 0 Å². The van der Waals surface area contributed by atoms with E-state index >= 15 is 0 Å². The first-order chi connectivity index (χ1) is 9.95. The predicted molar refractivity (Wildman–Crippen MR) is 92.6 cm³/mol. The molecule has 2 heteroatoms. The average Bonchev–Trinajstić information content (AvgIpc) is 2.35. The molecule has 0 radical (unpaired) electrons. The number of hydrogen-bond donors (Lipinski definition) is 2. The summed E-state index contributed by atoms with van der Waals surface area (Å²) in [5, 5.41) is 21.4. The summed E-state index contributed by atoms with van der Waals surface area (Å²) in [5.41, 5.74) is -0.900. The van der Waals surface area contributed by atoms with Gasteiger partial charge in [0, 0.05) is 0 Å². The van der Waals surface area contributed by atoms with Crippen molar-refractivity contribution in [3.8, 4) is 0 Å². The standard InChI is InChI=1S/C20H36O2/c1-7-18(4,21)13-9-16-19(5)12-8-11-17(2,3)15(19)10-14-20(16,6)22/h7,15-16,21-22H,1,8-14H2,2-6H3/t15?,16-,18?,19+,20-/m1/s1. The Morgan fingerprint density at radius 3 is 2.41 bits per heavy atom. The molecule has 2 rings (SSSR count). The first kappa shape index (κ1) is 18.0. The molecule has 2 aliphatic carbocycles. The van der Waals surface area contributed by atoms with E-state index in [0.29, 0.717) is 17.8 Å². The van der Waals surface area contributed by atoms with Crippen LogP contribution in [0.4, 0.5) is 0 Å². The normalized spacial score (nSPS) is 44.0. The van der Waals surface area contributed by atoms with Crippen LogP contribution in [-0.2, 0) is 0 Å². The summed E-state index contributed by atoms with van der Waals surface area (Å²) in [4.78, 5) is 0. The summed E-state index contributed by atoms with van der Waals surface area (Å²) in [6.07, 6.45) is 8.96. The maximum Gasteiger partial charge on any atom is 0.0797 e. The number of hydrogen-bond acceptors (Lipinski definition) is 2. The second-order valence-electron chi connectivity index (χ2n) is 9.45. The van der Waals surface area contributed by atoms with E-state index in [9.17, 15) is 10.2 Å². The number of aliphatic hydroxyl groups is 2. The van der Waals surface area contributed by atoms with Gasteiger partial charge in [-0.3, -0.25) is 0 Å². The van der Waals surface area contributed by atoms with Crippen LogP contribution in [0.25, 0.3) is 0 Å². The minimum Gasteiger partial charge on any atom is -0.390 e. The van der Waals surface area contributed by atoms with E-state index in [2.05, 4.69) is 27.4 Å². The second kappa shape index (κ2) is 5.63. The molecule has 128 valence electrons. The van der Waals surface area contributed by atoms with Crippen LogP contribution in [0.5, 0.6) is 0 Å². The Morgan fingerprint density at radius 2 is 1.82 bits per heavy atom. The second-order valence-corrected chi connectivity index (χ2v) is 9.45. The number of fused-ring (bicyclic) bond motifs is 1. The highest BCUT2D eigenvalue weighted by molar-refractivity contribution is 5.08. The maximum absolute atomic E-state index is 11.1. The maximum atomic E-state index is 11.1. The molecule has 0 aromatic heterocycles. The van der Waals surface area contributed by atoms with E-state index in [1.165, 1.54) is 19.3 Å². The van der Waals surface area contributed by atoms with Gasteiger partial charge in [-0.25, -0.2) is 0 Å². The number of rotatable bonds is 4. The van der Waals surface area contributed by atoms with Crippen molar-refractivity contribution in [1.29, 1.82) is 0 Å². The van der Waals surface area contributed by atoms with Crippen molar-refractivity contribution < 1.29 is 10.2 Å². The predicted octanol–water partition coefficient (Wildman–Crippen LogP) is 4.70. The van der Waals surface area contributed by atoms with Crippen LogP contribution in [0.15, 0.2) is 12.7 Å². The Hall–Kier alpha value is -0.340. The van der Waals surface area contributed by atoms with E-state index in [-0.39, 0.29) is 11.3 Å². The van der Waals surface area contributed by atoms with E-state index in [1.54, 1.807) is 6.08 Å². The Labute approximate surface area is 137 Å². The summed E-state index contributed by atoms with van der Waals surface area (Å²) in [5.74, 6) is 0.928. The van der Waals surface area contributed by atoms with Gasteiger partial charge in [-0.05, 0) is 75.0 Å². The molecule has 2 unspecified atom stereocenters. The zero-order valence-electron chi connectivity index (χ0n) is 15.3. The molecule has 2 N–H and O–H groups in total.